The summed E-state index contributed by atoms with van der Waals surface area (Å²) in [6.45, 7) is 1.06. The van der Waals surface area contributed by atoms with E-state index in [1.165, 1.54) is 14.0 Å². The van der Waals surface area contributed by atoms with E-state index in [-0.39, 0.29) is 12.1 Å². The fraction of sp³-hybridized carbons (Fsp3) is 0.353. The smallest absolute Gasteiger partial charge is 0.435 e. The van der Waals surface area contributed by atoms with E-state index in [1.807, 2.05) is 0 Å². The monoisotopic (exact) mass is 382 g/mol. The molecule has 0 spiro atoms. The molecule has 0 radical (unpaired) electrons. The number of fused-ring (bicyclic) bond motifs is 1. The van der Waals surface area contributed by atoms with Gasteiger partial charge in [0.2, 0.25) is 0 Å². The number of aliphatic hydroxyl groups excluding tert-OH is 1. The summed E-state index contributed by atoms with van der Waals surface area (Å²) in [6, 6.07) is 6.02. The Morgan fingerprint density at radius 1 is 1.26 bits per heavy atom. The number of halogens is 3. The maximum atomic E-state index is 13.4. The maximum absolute atomic E-state index is 13.4. The van der Waals surface area contributed by atoms with Crippen LogP contribution in [0.4, 0.5) is 13.2 Å². The number of aliphatic hydroxyl groups is 1. The molecule has 0 bridgehead atoms. The predicted octanol–water partition coefficient (Wildman–Crippen LogP) is 2.22. The molecule has 1 aromatic carbocycles. The van der Waals surface area contributed by atoms with Crippen LogP contribution < -0.4 is 10.3 Å². The van der Waals surface area contributed by atoms with E-state index in [2.05, 4.69) is 10.2 Å². The van der Waals surface area contributed by atoms with Crippen LogP contribution in [0.3, 0.4) is 0 Å². The molecule has 3 rings (SSSR count). The van der Waals surface area contributed by atoms with E-state index in [9.17, 15) is 23.1 Å². The van der Waals surface area contributed by atoms with Gasteiger partial charge in [0.05, 0.1) is 38.0 Å². The van der Waals surface area contributed by atoms with Gasteiger partial charge in [0.25, 0.3) is 5.56 Å². The highest BCUT2D eigenvalue weighted by molar-refractivity contribution is 5.80. The molecule has 1 atom stereocenters. The number of hydrogen-bond donors (Lipinski definition) is 1. The Balaban J connectivity index is 2.13. The van der Waals surface area contributed by atoms with Gasteiger partial charge in [0.1, 0.15) is 11.1 Å². The lowest BCUT2D eigenvalue weighted by Crippen LogP contribution is -2.25. The Kier molecular flexibility index (Phi) is 4.92. The Labute approximate surface area is 151 Å². The fourth-order valence-corrected chi connectivity index (χ4v) is 2.72. The summed E-state index contributed by atoms with van der Waals surface area (Å²) in [5, 5.41) is 16.2. The summed E-state index contributed by atoms with van der Waals surface area (Å²) in [6.07, 6.45) is -3.65. The zero-order valence-corrected chi connectivity index (χ0v) is 14.6. The SMILES string of the molecule is COc1ccc(Cn2ncc3c(c(C(F)(F)F)nn3C(C)CO)c2=O)cc1. The lowest BCUT2D eigenvalue weighted by atomic mass is 10.2. The number of rotatable bonds is 5. The van der Waals surface area contributed by atoms with Gasteiger partial charge >= 0.3 is 6.18 Å². The first-order chi connectivity index (χ1) is 12.8. The summed E-state index contributed by atoms with van der Waals surface area (Å²) in [7, 11) is 1.51. The van der Waals surface area contributed by atoms with Crippen LogP contribution in [0.5, 0.6) is 5.75 Å². The Bertz CT molecular complexity index is 1010. The third-order valence-electron chi connectivity index (χ3n) is 4.16. The number of alkyl halides is 3. The molecule has 27 heavy (non-hydrogen) atoms. The number of methoxy groups -OCH3 is 1. The normalized spacial score (nSPS) is 13.1. The van der Waals surface area contributed by atoms with Crippen LogP contribution >= 0.6 is 0 Å². The molecule has 0 aliphatic heterocycles. The third-order valence-corrected chi connectivity index (χ3v) is 4.16. The topological polar surface area (TPSA) is 82.2 Å². The van der Waals surface area contributed by atoms with Crippen molar-refractivity contribution in [2.45, 2.75) is 25.7 Å². The van der Waals surface area contributed by atoms with Gasteiger partial charge in [-0.15, -0.1) is 0 Å². The largest absolute Gasteiger partial charge is 0.497 e. The molecule has 1 unspecified atom stereocenters. The van der Waals surface area contributed by atoms with Gasteiger partial charge in [-0.1, -0.05) is 12.1 Å². The minimum atomic E-state index is -4.81. The molecule has 1 N–H and O–H groups in total. The number of aromatic nitrogens is 4. The molecule has 144 valence electrons. The van der Waals surface area contributed by atoms with Gasteiger partial charge < -0.3 is 9.84 Å². The molecule has 0 saturated heterocycles. The van der Waals surface area contributed by atoms with Crippen LogP contribution in [0.2, 0.25) is 0 Å². The minimum Gasteiger partial charge on any atom is -0.497 e. The number of ether oxygens (including phenoxy) is 1. The molecular formula is C17H17F3N4O3. The van der Waals surface area contributed by atoms with Crippen molar-refractivity contribution in [1.29, 1.82) is 0 Å². The summed E-state index contributed by atoms with van der Waals surface area (Å²) < 4.78 is 47.2. The van der Waals surface area contributed by atoms with E-state index in [1.54, 1.807) is 24.3 Å². The average Bonchev–Trinajstić information content (AvgIpc) is 3.05. The molecule has 0 fully saturated rings. The van der Waals surface area contributed by atoms with Crippen LogP contribution in [0.25, 0.3) is 10.9 Å². The van der Waals surface area contributed by atoms with Crippen molar-refractivity contribution in [3.05, 3.63) is 52.1 Å². The highest BCUT2D eigenvalue weighted by Crippen LogP contribution is 2.33. The maximum Gasteiger partial charge on any atom is 0.435 e. The predicted molar refractivity (Wildman–Crippen MR) is 90.7 cm³/mol. The molecule has 3 aromatic rings. The van der Waals surface area contributed by atoms with Crippen molar-refractivity contribution >= 4 is 10.9 Å². The summed E-state index contributed by atoms with van der Waals surface area (Å²) >= 11 is 0. The molecular weight excluding hydrogens is 365 g/mol. The van der Waals surface area contributed by atoms with Crippen molar-refractivity contribution in [3.63, 3.8) is 0 Å². The second-order valence-electron chi connectivity index (χ2n) is 6.04. The lowest BCUT2D eigenvalue weighted by molar-refractivity contribution is -0.140. The van der Waals surface area contributed by atoms with Crippen molar-refractivity contribution in [2.24, 2.45) is 0 Å². The number of hydrogen-bond acceptors (Lipinski definition) is 5. The van der Waals surface area contributed by atoms with Gasteiger partial charge in [-0.3, -0.25) is 9.48 Å². The molecule has 0 aliphatic rings. The van der Waals surface area contributed by atoms with Crippen LogP contribution in [0, 0.1) is 0 Å². The van der Waals surface area contributed by atoms with Crippen molar-refractivity contribution in [3.8, 4) is 5.75 Å². The first-order valence-corrected chi connectivity index (χ1v) is 8.05. The summed E-state index contributed by atoms with van der Waals surface area (Å²) in [5.41, 5.74) is -1.57. The van der Waals surface area contributed by atoms with E-state index >= 15 is 0 Å². The first-order valence-electron chi connectivity index (χ1n) is 8.05. The van der Waals surface area contributed by atoms with Gasteiger partial charge in [0, 0.05) is 0 Å². The zero-order chi connectivity index (χ0) is 19.8. The Hall–Kier alpha value is -2.88. The number of benzene rings is 1. The van der Waals surface area contributed by atoms with Crippen molar-refractivity contribution in [2.75, 3.05) is 13.7 Å². The summed E-state index contributed by atoms with van der Waals surface area (Å²) in [4.78, 5) is 12.7. The van der Waals surface area contributed by atoms with Crippen molar-refractivity contribution < 1.29 is 23.0 Å². The van der Waals surface area contributed by atoms with E-state index in [0.717, 1.165) is 15.6 Å². The van der Waals surface area contributed by atoms with Crippen molar-refractivity contribution in [1.82, 2.24) is 19.6 Å². The standard InChI is InChI=1S/C17H17F3N4O3/c1-10(9-25)24-13-7-21-23(8-11-3-5-12(27-2)6-4-11)16(26)14(13)15(22-24)17(18,19)20/h3-7,10,25H,8-9H2,1-2H3. The Morgan fingerprint density at radius 3 is 2.48 bits per heavy atom. The first kappa shape index (κ1) is 18.9. The Morgan fingerprint density at radius 2 is 1.93 bits per heavy atom. The molecule has 7 nitrogen and oxygen atoms in total. The quantitative estimate of drug-likeness (QED) is 0.732. The number of nitrogens with zero attached hydrogens (tertiary/aromatic N) is 4. The van der Waals surface area contributed by atoms with Gasteiger partial charge in [0.15, 0.2) is 5.69 Å². The molecule has 10 heteroatoms. The van der Waals surface area contributed by atoms with Crippen LogP contribution in [-0.4, -0.2) is 38.4 Å². The van der Waals surface area contributed by atoms with Gasteiger partial charge in [-0.2, -0.15) is 23.4 Å². The molecule has 0 saturated carbocycles. The lowest BCUT2D eigenvalue weighted by Gasteiger charge is -2.10. The second kappa shape index (κ2) is 7.03. The molecule has 2 heterocycles. The van der Waals surface area contributed by atoms with E-state index in [4.69, 9.17) is 4.74 Å². The highest BCUT2D eigenvalue weighted by Gasteiger charge is 2.39. The van der Waals surface area contributed by atoms with Crippen LogP contribution in [0.1, 0.15) is 24.2 Å². The molecule has 0 amide bonds. The molecule has 2 aromatic heterocycles. The fourth-order valence-electron chi connectivity index (χ4n) is 2.72. The third kappa shape index (κ3) is 3.52. The average molecular weight is 382 g/mol. The minimum absolute atomic E-state index is 0.00318. The summed E-state index contributed by atoms with van der Waals surface area (Å²) in [5.74, 6) is 0.619. The van der Waals surface area contributed by atoms with Crippen LogP contribution in [0.15, 0.2) is 35.3 Å². The van der Waals surface area contributed by atoms with E-state index in [0.29, 0.717) is 11.3 Å². The highest BCUT2D eigenvalue weighted by atomic mass is 19.4. The van der Waals surface area contributed by atoms with Gasteiger partial charge in [-0.05, 0) is 24.6 Å². The second-order valence-corrected chi connectivity index (χ2v) is 6.04. The molecule has 0 aliphatic carbocycles. The van der Waals surface area contributed by atoms with E-state index < -0.39 is 35.5 Å². The van der Waals surface area contributed by atoms with Gasteiger partial charge in [-0.25, -0.2) is 4.68 Å². The zero-order valence-electron chi connectivity index (χ0n) is 14.6. The van der Waals surface area contributed by atoms with Crippen LogP contribution in [-0.2, 0) is 12.7 Å².